The molecule has 0 bridgehead atoms. The maximum atomic E-state index is 13.1. The van der Waals surface area contributed by atoms with Gasteiger partial charge in [-0.05, 0) is 31.0 Å². The molecule has 1 aromatic carbocycles. The van der Waals surface area contributed by atoms with Crippen molar-refractivity contribution < 1.29 is 4.39 Å². The van der Waals surface area contributed by atoms with Crippen molar-refractivity contribution in [1.82, 2.24) is 9.78 Å². The molecule has 0 saturated carbocycles. The van der Waals surface area contributed by atoms with E-state index >= 15 is 0 Å². The van der Waals surface area contributed by atoms with Gasteiger partial charge in [0.2, 0.25) is 0 Å². The van der Waals surface area contributed by atoms with Gasteiger partial charge in [-0.25, -0.2) is 4.39 Å². The second-order valence-corrected chi connectivity index (χ2v) is 5.19. The molecule has 2 rings (SSSR count). The van der Waals surface area contributed by atoms with E-state index in [1.165, 1.54) is 12.1 Å². The topological polar surface area (TPSA) is 29.9 Å². The minimum absolute atomic E-state index is 0.193. The fourth-order valence-electron chi connectivity index (χ4n) is 2.35. The number of rotatable bonds is 6. The lowest BCUT2D eigenvalue weighted by Gasteiger charge is -2.19. The number of halogens is 1. The highest BCUT2D eigenvalue weighted by atomic mass is 19.1. The van der Waals surface area contributed by atoms with Gasteiger partial charge in [-0.1, -0.05) is 31.9 Å². The lowest BCUT2D eigenvalue weighted by molar-refractivity contribution is 0.616. The summed E-state index contributed by atoms with van der Waals surface area (Å²) in [7, 11) is 1.91. The fraction of sp³-hybridized carbons (Fsp3) is 0.438. The number of anilines is 1. The number of nitrogens with zero attached hydrogens (tertiary/aromatic N) is 2. The van der Waals surface area contributed by atoms with E-state index in [1.807, 2.05) is 32.3 Å². The summed E-state index contributed by atoms with van der Waals surface area (Å²) in [5.74, 6) is -0.194. The Bertz CT molecular complexity index is 545. The summed E-state index contributed by atoms with van der Waals surface area (Å²) in [6, 6.07) is 6.94. The average molecular weight is 275 g/mol. The first kappa shape index (κ1) is 14.6. The maximum absolute atomic E-state index is 13.1. The standard InChI is InChI=1S/C16H22FN3/c1-4-5-6-15(13-7-9-14(17)10-8-13)18-16-11-20(3)19-12(16)2/h7-11,15,18H,4-6H2,1-3H3. The Labute approximate surface area is 119 Å². The van der Waals surface area contributed by atoms with Crippen LogP contribution in [0.5, 0.6) is 0 Å². The molecule has 1 atom stereocenters. The summed E-state index contributed by atoms with van der Waals surface area (Å²) in [5.41, 5.74) is 3.14. The van der Waals surface area contributed by atoms with E-state index < -0.39 is 0 Å². The van der Waals surface area contributed by atoms with Crippen molar-refractivity contribution in [3.8, 4) is 0 Å². The van der Waals surface area contributed by atoms with Crippen molar-refractivity contribution in [1.29, 1.82) is 0 Å². The molecule has 2 aromatic rings. The fourth-order valence-corrected chi connectivity index (χ4v) is 2.35. The second-order valence-electron chi connectivity index (χ2n) is 5.19. The Balaban J connectivity index is 2.18. The van der Waals surface area contributed by atoms with Gasteiger partial charge in [-0.2, -0.15) is 5.10 Å². The van der Waals surface area contributed by atoms with Crippen molar-refractivity contribution in [3.63, 3.8) is 0 Å². The molecule has 0 amide bonds. The van der Waals surface area contributed by atoms with Crippen LogP contribution < -0.4 is 5.32 Å². The molecule has 108 valence electrons. The molecular weight excluding hydrogens is 253 g/mol. The van der Waals surface area contributed by atoms with Crippen molar-refractivity contribution in [2.75, 3.05) is 5.32 Å². The summed E-state index contributed by atoms with van der Waals surface area (Å²) >= 11 is 0. The van der Waals surface area contributed by atoms with E-state index in [0.29, 0.717) is 0 Å². The van der Waals surface area contributed by atoms with E-state index in [-0.39, 0.29) is 11.9 Å². The van der Waals surface area contributed by atoms with Gasteiger partial charge >= 0.3 is 0 Å². The zero-order valence-corrected chi connectivity index (χ0v) is 12.4. The molecular formula is C16H22FN3. The van der Waals surface area contributed by atoms with Crippen LogP contribution in [0, 0.1) is 12.7 Å². The summed E-state index contributed by atoms with van der Waals surface area (Å²) in [5, 5.41) is 7.88. The Kier molecular flexibility index (Phi) is 4.77. The minimum atomic E-state index is -0.194. The predicted molar refractivity (Wildman–Crippen MR) is 80.2 cm³/mol. The molecule has 0 aliphatic heterocycles. The number of hydrogen-bond acceptors (Lipinski definition) is 2. The first-order valence-electron chi connectivity index (χ1n) is 7.12. The zero-order valence-electron chi connectivity index (χ0n) is 12.4. The molecule has 20 heavy (non-hydrogen) atoms. The highest BCUT2D eigenvalue weighted by Gasteiger charge is 2.13. The van der Waals surface area contributed by atoms with Crippen molar-refractivity contribution in [2.24, 2.45) is 7.05 Å². The highest BCUT2D eigenvalue weighted by Crippen LogP contribution is 2.26. The third-order valence-corrected chi connectivity index (χ3v) is 3.46. The van der Waals surface area contributed by atoms with Crippen molar-refractivity contribution in [3.05, 3.63) is 47.5 Å². The maximum Gasteiger partial charge on any atom is 0.123 e. The van der Waals surface area contributed by atoms with Crippen molar-refractivity contribution in [2.45, 2.75) is 39.2 Å². The van der Waals surface area contributed by atoms with Crippen LogP contribution in [-0.4, -0.2) is 9.78 Å². The molecule has 0 radical (unpaired) electrons. The van der Waals surface area contributed by atoms with Crippen LogP contribution in [-0.2, 0) is 7.05 Å². The van der Waals surface area contributed by atoms with Gasteiger partial charge in [0.25, 0.3) is 0 Å². The molecule has 0 spiro atoms. The molecule has 0 fully saturated rings. The molecule has 0 aliphatic carbocycles. The zero-order chi connectivity index (χ0) is 14.5. The smallest absolute Gasteiger partial charge is 0.123 e. The third kappa shape index (κ3) is 3.59. The largest absolute Gasteiger partial charge is 0.375 e. The van der Waals surface area contributed by atoms with E-state index in [0.717, 1.165) is 36.2 Å². The molecule has 1 N–H and O–H groups in total. The lowest BCUT2D eigenvalue weighted by atomic mass is 10.0. The second kappa shape index (κ2) is 6.55. The van der Waals surface area contributed by atoms with Crippen LogP contribution in [0.1, 0.15) is 43.5 Å². The van der Waals surface area contributed by atoms with Crippen LogP contribution in [0.15, 0.2) is 30.5 Å². The summed E-state index contributed by atoms with van der Waals surface area (Å²) < 4.78 is 14.9. The quantitative estimate of drug-likeness (QED) is 0.855. The molecule has 4 heteroatoms. The highest BCUT2D eigenvalue weighted by molar-refractivity contribution is 5.47. The summed E-state index contributed by atoms with van der Waals surface area (Å²) in [6.07, 6.45) is 5.29. The minimum Gasteiger partial charge on any atom is -0.375 e. The molecule has 1 unspecified atom stereocenters. The van der Waals surface area contributed by atoms with Gasteiger partial charge in [0, 0.05) is 13.2 Å². The number of nitrogens with one attached hydrogen (secondary N) is 1. The summed E-state index contributed by atoms with van der Waals surface area (Å²) in [4.78, 5) is 0. The van der Waals surface area contributed by atoms with Crippen LogP contribution in [0.25, 0.3) is 0 Å². The molecule has 0 saturated heterocycles. The van der Waals surface area contributed by atoms with E-state index in [2.05, 4.69) is 17.3 Å². The van der Waals surface area contributed by atoms with Gasteiger partial charge in [-0.15, -0.1) is 0 Å². The van der Waals surface area contributed by atoms with Gasteiger partial charge in [0.05, 0.1) is 17.4 Å². The van der Waals surface area contributed by atoms with E-state index in [9.17, 15) is 4.39 Å². The van der Waals surface area contributed by atoms with Gasteiger partial charge in [-0.3, -0.25) is 4.68 Å². The number of benzene rings is 1. The van der Waals surface area contributed by atoms with Crippen molar-refractivity contribution >= 4 is 5.69 Å². The van der Waals surface area contributed by atoms with E-state index in [1.54, 1.807) is 4.68 Å². The third-order valence-electron chi connectivity index (χ3n) is 3.46. The number of hydrogen-bond donors (Lipinski definition) is 1. The number of aryl methyl sites for hydroxylation is 2. The van der Waals surface area contributed by atoms with Gasteiger partial charge < -0.3 is 5.32 Å². The Hall–Kier alpha value is -1.84. The first-order chi connectivity index (χ1) is 9.60. The normalized spacial score (nSPS) is 12.4. The van der Waals surface area contributed by atoms with Crippen LogP contribution in [0.4, 0.5) is 10.1 Å². The molecule has 3 nitrogen and oxygen atoms in total. The molecule has 0 aliphatic rings. The Morgan fingerprint density at radius 2 is 2.00 bits per heavy atom. The lowest BCUT2D eigenvalue weighted by Crippen LogP contribution is -2.11. The molecule has 1 aromatic heterocycles. The van der Waals surface area contributed by atoms with Gasteiger partial charge in [0.1, 0.15) is 5.82 Å². The average Bonchev–Trinajstić information content (AvgIpc) is 2.74. The predicted octanol–water partition coefficient (Wildman–Crippen LogP) is 4.21. The molecule has 1 heterocycles. The van der Waals surface area contributed by atoms with E-state index in [4.69, 9.17) is 0 Å². The first-order valence-corrected chi connectivity index (χ1v) is 7.12. The summed E-state index contributed by atoms with van der Waals surface area (Å²) in [6.45, 7) is 4.17. The number of unbranched alkanes of at least 4 members (excludes halogenated alkanes) is 1. The monoisotopic (exact) mass is 275 g/mol. The van der Waals surface area contributed by atoms with Gasteiger partial charge in [0.15, 0.2) is 0 Å². The van der Waals surface area contributed by atoms with Crippen LogP contribution in [0.3, 0.4) is 0 Å². The van der Waals surface area contributed by atoms with Crippen LogP contribution >= 0.6 is 0 Å². The van der Waals surface area contributed by atoms with Crippen LogP contribution in [0.2, 0.25) is 0 Å². The SMILES string of the molecule is CCCCC(Nc1cn(C)nc1C)c1ccc(F)cc1. The Morgan fingerprint density at radius 1 is 1.30 bits per heavy atom. The number of aromatic nitrogens is 2. The Morgan fingerprint density at radius 3 is 2.55 bits per heavy atom.